The maximum Gasteiger partial charge on any atom is 0.231 e. The lowest BCUT2D eigenvalue weighted by Gasteiger charge is -1.97. The summed E-state index contributed by atoms with van der Waals surface area (Å²) in [5.74, 6) is 1.37. The van der Waals surface area contributed by atoms with Gasteiger partial charge in [-0.25, -0.2) is 0 Å². The Kier molecular flexibility index (Phi) is 2.75. The minimum absolute atomic E-state index is 0.0357. The van der Waals surface area contributed by atoms with Gasteiger partial charge in [0.05, 0.1) is 17.9 Å². The number of phenolic OH excluding ortho intramolecular Hbond substituents is 1. The first-order valence-corrected chi connectivity index (χ1v) is 6.52. The van der Waals surface area contributed by atoms with Gasteiger partial charge in [-0.15, -0.1) is 0 Å². The number of benzene rings is 1. The van der Waals surface area contributed by atoms with Gasteiger partial charge in [0.1, 0.15) is 5.75 Å². The van der Waals surface area contributed by atoms with E-state index in [0.717, 1.165) is 5.56 Å². The molecule has 0 aliphatic heterocycles. The highest BCUT2D eigenvalue weighted by Gasteiger charge is 2.62. The second-order valence-corrected chi connectivity index (χ2v) is 5.80. The van der Waals surface area contributed by atoms with Gasteiger partial charge < -0.3 is 9.63 Å². The van der Waals surface area contributed by atoms with E-state index in [2.05, 4.69) is 16.2 Å². The van der Waals surface area contributed by atoms with Gasteiger partial charge in [0.25, 0.3) is 0 Å². The molecule has 0 spiro atoms. The minimum atomic E-state index is -0.0862. The van der Waals surface area contributed by atoms with Gasteiger partial charge in [0.2, 0.25) is 5.89 Å². The van der Waals surface area contributed by atoms with E-state index in [1.807, 2.05) is 26.0 Å². The molecule has 1 aromatic carbocycles. The van der Waals surface area contributed by atoms with E-state index >= 15 is 0 Å². The minimum Gasteiger partial charge on any atom is -0.508 e. The van der Waals surface area contributed by atoms with Gasteiger partial charge in [-0.3, -0.25) is 0 Å². The summed E-state index contributed by atoms with van der Waals surface area (Å²) in [5.41, 5.74) is 0.916. The molecule has 3 rings (SSSR count). The summed E-state index contributed by atoms with van der Waals surface area (Å²) in [5, 5.41) is 22.3. The largest absolute Gasteiger partial charge is 0.508 e. The van der Waals surface area contributed by atoms with Gasteiger partial charge in [0.15, 0.2) is 5.82 Å². The first-order chi connectivity index (χ1) is 9.52. The second-order valence-electron chi connectivity index (χ2n) is 5.80. The molecule has 1 fully saturated rings. The molecule has 1 N–H and O–H groups in total. The summed E-state index contributed by atoms with van der Waals surface area (Å²) in [4.78, 5) is 4.39. The van der Waals surface area contributed by atoms with Crippen molar-refractivity contribution in [2.24, 2.45) is 11.3 Å². The molecule has 102 valence electrons. The highest BCUT2D eigenvalue weighted by atomic mass is 16.5. The summed E-state index contributed by atoms with van der Waals surface area (Å²) in [6.45, 7) is 4.07. The lowest BCUT2D eigenvalue weighted by atomic mass is 10.1. The summed E-state index contributed by atoms with van der Waals surface area (Å²) < 4.78 is 5.29. The smallest absolute Gasteiger partial charge is 0.231 e. The molecule has 5 nitrogen and oxygen atoms in total. The fourth-order valence-electron chi connectivity index (χ4n) is 2.60. The quantitative estimate of drug-likeness (QED) is 0.926. The Morgan fingerprint density at radius 1 is 1.35 bits per heavy atom. The van der Waals surface area contributed by atoms with Crippen molar-refractivity contribution in [1.29, 1.82) is 5.26 Å². The Morgan fingerprint density at radius 2 is 2.05 bits per heavy atom. The highest BCUT2D eigenvalue weighted by Crippen LogP contribution is 2.63. The lowest BCUT2D eigenvalue weighted by molar-refractivity contribution is 0.363. The van der Waals surface area contributed by atoms with Crippen molar-refractivity contribution in [3.8, 4) is 11.8 Å². The van der Waals surface area contributed by atoms with Crippen molar-refractivity contribution < 1.29 is 9.63 Å². The van der Waals surface area contributed by atoms with E-state index < -0.39 is 0 Å². The summed E-state index contributed by atoms with van der Waals surface area (Å²) in [6.07, 6.45) is 0.550. The van der Waals surface area contributed by atoms with Gasteiger partial charge in [-0.1, -0.05) is 31.1 Å². The molecule has 0 saturated heterocycles. The molecule has 1 heterocycles. The van der Waals surface area contributed by atoms with E-state index in [-0.39, 0.29) is 23.0 Å². The average molecular weight is 269 g/mol. The monoisotopic (exact) mass is 269 g/mol. The molecule has 1 aromatic heterocycles. The van der Waals surface area contributed by atoms with Crippen LogP contribution in [0.25, 0.3) is 0 Å². The molecule has 0 bridgehead atoms. The van der Waals surface area contributed by atoms with Gasteiger partial charge in [-0.05, 0) is 23.1 Å². The van der Waals surface area contributed by atoms with Crippen LogP contribution in [0.5, 0.6) is 5.75 Å². The molecular weight excluding hydrogens is 254 g/mol. The zero-order chi connectivity index (χ0) is 14.3. The van der Waals surface area contributed by atoms with Crippen LogP contribution >= 0.6 is 0 Å². The number of hydrogen-bond donors (Lipinski definition) is 1. The van der Waals surface area contributed by atoms with Crippen molar-refractivity contribution >= 4 is 0 Å². The number of nitriles is 1. The topological polar surface area (TPSA) is 82.9 Å². The first-order valence-electron chi connectivity index (χ1n) is 6.52. The standard InChI is InChI=1S/C15H15N3O2/c1-15(2)11(8-16)13(15)14-17-12(18-20-14)7-9-3-5-10(19)6-4-9/h3-6,11,13,19H,7H2,1-2H3. The number of nitrogens with zero attached hydrogens (tertiary/aromatic N) is 3. The predicted octanol–water partition coefficient (Wildman–Crippen LogP) is 2.63. The van der Waals surface area contributed by atoms with Crippen LogP contribution in [0.3, 0.4) is 0 Å². The fourth-order valence-corrected chi connectivity index (χ4v) is 2.60. The lowest BCUT2D eigenvalue weighted by Crippen LogP contribution is -1.93. The number of aromatic nitrogens is 2. The molecule has 2 atom stereocenters. The average Bonchev–Trinajstić information content (AvgIpc) is 2.75. The molecule has 2 unspecified atom stereocenters. The molecule has 20 heavy (non-hydrogen) atoms. The van der Waals surface area contributed by atoms with Gasteiger partial charge in [-0.2, -0.15) is 10.2 Å². The van der Waals surface area contributed by atoms with Gasteiger partial charge in [0, 0.05) is 6.42 Å². The summed E-state index contributed by atoms with van der Waals surface area (Å²) in [6, 6.07) is 9.20. The normalized spacial score (nSPS) is 23.2. The van der Waals surface area contributed by atoms with Crippen LogP contribution in [0.15, 0.2) is 28.8 Å². The van der Waals surface area contributed by atoms with Crippen LogP contribution < -0.4 is 0 Å². The summed E-state index contributed by atoms with van der Waals surface area (Å²) >= 11 is 0. The third-order valence-corrected chi connectivity index (χ3v) is 4.01. The van der Waals surface area contributed by atoms with Crippen LogP contribution in [-0.2, 0) is 6.42 Å². The second kappa shape index (κ2) is 4.34. The van der Waals surface area contributed by atoms with Crippen LogP contribution in [0.4, 0.5) is 0 Å². The predicted molar refractivity (Wildman–Crippen MR) is 70.8 cm³/mol. The molecule has 1 aliphatic rings. The Bertz CT molecular complexity index is 667. The van der Waals surface area contributed by atoms with E-state index in [4.69, 9.17) is 9.78 Å². The highest BCUT2D eigenvalue weighted by molar-refractivity contribution is 5.29. The molecule has 1 aliphatic carbocycles. The van der Waals surface area contributed by atoms with Crippen LogP contribution in [0, 0.1) is 22.7 Å². The molecule has 0 radical (unpaired) electrons. The van der Waals surface area contributed by atoms with Gasteiger partial charge >= 0.3 is 0 Å². The SMILES string of the molecule is CC1(C)C(C#N)C1c1nc(Cc2ccc(O)cc2)no1. The van der Waals surface area contributed by atoms with Crippen molar-refractivity contribution in [2.45, 2.75) is 26.2 Å². The Balaban J connectivity index is 1.75. The van der Waals surface area contributed by atoms with Crippen molar-refractivity contribution in [2.75, 3.05) is 0 Å². The van der Waals surface area contributed by atoms with Crippen LogP contribution in [-0.4, -0.2) is 15.2 Å². The molecule has 2 aromatic rings. The van der Waals surface area contributed by atoms with Crippen LogP contribution in [0.1, 0.15) is 37.0 Å². The zero-order valence-corrected chi connectivity index (χ0v) is 11.4. The number of phenols is 1. The zero-order valence-electron chi connectivity index (χ0n) is 11.4. The maximum absolute atomic E-state index is 9.24. The molecular formula is C15H15N3O2. The number of hydrogen-bond acceptors (Lipinski definition) is 5. The van der Waals surface area contributed by atoms with Crippen molar-refractivity contribution in [3.63, 3.8) is 0 Å². The van der Waals surface area contributed by atoms with Crippen LogP contribution in [0.2, 0.25) is 0 Å². The van der Waals surface area contributed by atoms with E-state index in [1.54, 1.807) is 12.1 Å². The Labute approximate surface area is 116 Å². The molecule has 0 amide bonds. The van der Waals surface area contributed by atoms with E-state index in [9.17, 15) is 5.11 Å². The molecule has 1 saturated carbocycles. The number of aromatic hydroxyl groups is 1. The van der Waals surface area contributed by atoms with E-state index in [1.165, 1.54) is 0 Å². The van der Waals surface area contributed by atoms with Crippen molar-refractivity contribution in [1.82, 2.24) is 10.1 Å². The third kappa shape index (κ3) is 2.03. The first kappa shape index (κ1) is 12.7. The number of rotatable bonds is 3. The van der Waals surface area contributed by atoms with E-state index in [0.29, 0.717) is 18.1 Å². The summed E-state index contributed by atoms with van der Waals surface area (Å²) in [7, 11) is 0. The van der Waals surface area contributed by atoms with Crippen molar-refractivity contribution in [3.05, 3.63) is 41.5 Å². The Morgan fingerprint density at radius 3 is 2.65 bits per heavy atom. The fraction of sp³-hybridized carbons (Fsp3) is 0.400. The Hall–Kier alpha value is -2.35. The molecule has 5 heteroatoms. The maximum atomic E-state index is 9.24. The third-order valence-electron chi connectivity index (χ3n) is 4.01.